The van der Waals surface area contributed by atoms with Crippen LogP contribution in [0.4, 0.5) is 0 Å². The highest BCUT2D eigenvalue weighted by atomic mass is 32.2. The molecule has 2 aliphatic rings. The van der Waals surface area contributed by atoms with Crippen LogP contribution in [0, 0.1) is 0 Å². The van der Waals surface area contributed by atoms with Gasteiger partial charge in [-0.1, -0.05) is 12.8 Å². The highest BCUT2D eigenvalue weighted by Gasteiger charge is 2.40. The Bertz CT molecular complexity index is 279. The van der Waals surface area contributed by atoms with E-state index in [0.29, 0.717) is 11.0 Å². The summed E-state index contributed by atoms with van der Waals surface area (Å²) in [5, 5.41) is 9.27. The van der Waals surface area contributed by atoms with E-state index in [1.54, 1.807) is 11.8 Å². The number of thioether (sulfide) groups is 1. The predicted molar refractivity (Wildman–Crippen MR) is 68.2 cm³/mol. The smallest absolute Gasteiger partial charge is 0.321 e. The van der Waals surface area contributed by atoms with Crippen LogP contribution in [0.3, 0.4) is 0 Å². The molecule has 2 rings (SSSR count). The third-order valence-corrected chi connectivity index (χ3v) is 5.22. The largest absolute Gasteiger partial charge is 0.480 e. The van der Waals surface area contributed by atoms with Crippen LogP contribution in [-0.4, -0.2) is 40.3 Å². The van der Waals surface area contributed by atoms with Crippen LogP contribution in [0.1, 0.15) is 38.5 Å². The van der Waals surface area contributed by atoms with E-state index in [0.717, 1.165) is 19.4 Å². The Labute approximate surface area is 106 Å². The molecule has 1 saturated carbocycles. The molecule has 0 bridgehead atoms. The highest BCUT2D eigenvalue weighted by molar-refractivity contribution is 8.00. The van der Waals surface area contributed by atoms with Crippen molar-refractivity contribution in [1.29, 1.82) is 0 Å². The quantitative estimate of drug-likeness (QED) is 0.802. The average molecular weight is 259 g/mol. The minimum Gasteiger partial charge on any atom is -0.480 e. The third-order valence-electron chi connectivity index (χ3n) is 3.79. The van der Waals surface area contributed by atoms with Crippen molar-refractivity contribution < 1.29 is 14.6 Å². The second kappa shape index (κ2) is 5.59. The molecule has 1 saturated heterocycles. The fourth-order valence-electron chi connectivity index (χ4n) is 2.80. The number of carbonyl (C=O) groups is 1. The molecule has 1 aliphatic heterocycles. The number of hydrogen-bond donors (Lipinski definition) is 2. The van der Waals surface area contributed by atoms with Crippen LogP contribution in [0.15, 0.2) is 0 Å². The van der Waals surface area contributed by atoms with Crippen molar-refractivity contribution in [3.05, 3.63) is 0 Å². The van der Waals surface area contributed by atoms with E-state index in [2.05, 4.69) is 0 Å². The van der Waals surface area contributed by atoms with Crippen molar-refractivity contribution in [1.82, 2.24) is 0 Å². The zero-order valence-corrected chi connectivity index (χ0v) is 10.9. The summed E-state index contributed by atoms with van der Waals surface area (Å²) in [7, 11) is 0. The van der Waals surface area contributed by atoms with Crippen LogP contribution < -0.4 is 5.73 Å². The molecule has 98 valence electrons. The van der Waals surface area contributed by atoms with Gasteiger partial charge in [-0.05, 0) is 25.7 Å². The van der Waals surface area contributed by atoms with Gasteiger partial charge in [-0.2, -0.15) is 11.8 Å². The van der Waals surface area contributed by atoms with E-state index < -0.39 is 12.0 Å². The Morgan fingerprint density at radius 3 is 2.88 bits per heavy atom. The molecule has 2 unspecified atom stereocenters. The normalized spacial score (nSPS) is 29.4. The van der Waals surface area contributed by atoms with E-state index in [4.69, 9.17) is 15.6 Å². The first-order valence-electron chi connectivity index (χ1n) is 6.35. The minimum atomic E-state index is -0.903. The van der Waals surface area contributed by atoms with Gasteiger partial charge >= 0.3 is 5.97 Å². The van der Waals surface area contributed by atoms with Gasteiger partial charge < -0.3 is 15.6 Å². The second-order valence-electron chi connectivity index (χ2n) is 5.13. The molecule has 17 heavy (non-hydrogen) atoms. The molecule has 0 aromatic rings. The number of hydrogen-bond acceptors (Lipinski definition) is 4. The Hall–Kier alpha value is -0.260. The molecule has 0 amide bonds. The molecule has 2 atom stereocenters. The van der Waals surface area contributed by atoms with Crippen LogP contribution in [0.2, 0.25) is 0 Å². The maximum absolute atomic E-state index is 10.7. The zero-order chi connectivity index (χ0) is 12.3. The van der Waals surface area contributed by atoms with Gasteiger partial charge in [-0.15, -0.1) is 0 Å². The highest BCUT2D eigenvalue weighted by Crippen LogP contribution is 2.42. The molecule has 1 heterocycles. The Balaban J connectivity index is 1.79. The third kappa shape index (κ3) is 3.36. The molecular formula is C12H21NO3S. The number of nitrogens with two attached hydrogens (primary N) is 1. The van der Waals surface area contributed by atoms with Gasteiger partial charge in [-0.25, -0.2) is 0 Å². The van der Waals surface area contributed by atoms with E-state index >= 15 is 0 Å². The molecule has 5 heteroatoms. The van der Waals surface area contributed by atoms with Crippen LogP contribution in [0.5, 0.6) is 0 Å². The van der Waals surface area contributed by atoms with Crippen LogP contribution >= 0.6 is 11.8 Å². The Morgan fingerprint density at radius 1 is 1.53 bits per heavy atom. The maximum Gasteiger partial charge on any atom is 0.321 e. The van der Waals surface area contributed by atoms with Gasteiger partial charge in [0.25, 0.3) is 0 Å². The summed E-state index contributed by atoms with van der Waals surface area (Å²) in [4.78, 5) is 10.7. The summed E-state index contributed by atoms with van der Waals surface area (Å²) in [6.45, 7) is 0.819. The molecule has 2 fully saturated rings. The van der Waals surface area contributed by atoms with E-state index in [1.807, 2.05) is 0 Å². The van der Waals surface area contributed by atoms with Gasteiger partial charge in [0.05, 0.1) is 5.60 Å². The SMILES string of the molecule is NC(CSC1CCOC2(CCCC2)C1)C(=O)O. The number of aliphatic carboxylic acids is 1. The predicted octanol–water partition coefficient (Wildman–Crippen LogP) is 1.62. The van der Waals surface area contributed by atoms with Gasteiger partial charge in [0.2, 0.25) is 0 Å². The second-order valence-corrected chi connectivity index (χ2v) is 6.46. The number of carboxylic acid groups (broad SMARTS) is 1. The molecule has 0 aromatic heterocycles. The summed E-state index contributed by atoms with van der Waals surface area (Å²) >= 11 is 1.71. The van der Waals surface area contributed by atoms with Crippen molar-refractivity contribution in [2.24, 2.45) is 5.73 Å². The summed E-state index contributed by atoms with van der Waals surface area (Å²) < 4.78 is 5.95. The number of rotatable bonds is 4. The summed E-state index contributed by atoms with van der Waals surface area (Å²) in [6, 6.07) is -0.734. The summed E-state index contributed by atoms with van der Waals surface area (Å²) in [5.74, 6) is -0.393. The lowest BCUT2D eigenvalue weighted by molar-refractivity contribution is -0.137. The molecular weight excluding hydrogens is 238 g/mol. The molecule has 3 N–H and O–H groups in total. The Morgan fingerprint density at radius 2 is 2.24 bits per heavy atom. The van der Waals surface area contributed by atoms with E-state index in [9.17, 15) is 4.79 Å². The van der Waals surface area contributed by atoms with Crippen molar-refractivity contribution in [3.63, 3.8) is 0 Å². The maximum atomic E-state index is 10.7. The zero-order valence-electron chi connectivity index (χ0n) is 10.1. The Kier molecular flexibility index (Phi) is 4.33. The lowest BCUT2D eigenvalue weighted by atomic mass is 9.92. The lowest BCUT2D eigenvalue weighted by Gasteiger charge is -2.38. The van der Waals surface area contributed by atoms with Gasteiger partial charge in [0.15, 0.2) is 0 Å². The molecule has 4 nitrogen and oxygen atoms in total. The minimum absolute atomic E-state index is 0.114. The fourth-order valence-corrected chi connectivity index (χ4v) is 4.11. The first-order chi connectivity index (χ1) is 8.11. The average Bonchev–Trinajstić information content (AvgIpc) is 2.74. The van der Waals surface area contributed by atoms with E-state index in [-0.39, 0.29) is 5.60 Å². The number of carboxylic acids is 1. The van der Waals surface area contributed by atoms with Gasteiger partial charge in [0.1, 0.15) is 6.04 Å². The van der Waals surface area contributed by atoms with Crippen molar-refractivity contribution in [2.75, 3.05) is 12.4 Å². The standard InChI is InChI=1S/C12H21NO3S/c13-10(11(14)15)8-17-9-3-6-16-12(7-9)4-1-2-5-12/h9-10H,1-8,13H2,(H,14,15). The topological polar surface area (TPSA) is 72.5 Å². The van der Waals surface area contributed by atoms with E-state index in [1.165, 1.54) is 25.7 Å². The lowest BCUT2D eigenvalue weighted by Crippen LogP contribution is -2.40. The van der Waals surface area contributed by atoms with Crippen molar-refractivity contribution in [3.8, 4) is 0 Å². The molecule has 0 radical (unpaired) electrons. The van der Waals surface area contributed by atoms with Crippen LogP contribution in [-0.2, 0) is 9.53 Å². The monoisotopic (exact) mass is 259 g/mol. The summed E-state index contributed by atoms with van der Waals surface area (Å²) in [5.41, 5.74) is 5.64. The molecule has 1 aliphatic carbocycles. The summed E-state index contributed by atoms with van der Waals surface area (Å²) in [6.07, 6.45) is 6.99. The first kappa shape index (κ1) is 13.2. The van der Waals surface area contributed by atoms with Crippen molar-refractivity contribution >= 4 is 17.7 Å². The first-order valence-corrected chi connectivity index (χ1v) is 7.40. The molecule has 0 aromatic carbocycles. The van der Waals surface area contributed by atoms with Crippen LogP contribution in [0.25, 0.3) is 0 Å². The number of ether oxygens (including phenoxy) is 1. The van der Waals surface area contributed by atoms with Gasteiger partial charge in [-0.3, -0.25) is 4.79 Å². The fraction of sp³-hybridized carbons (Fsp3) is 0.917. The van der Waals surface area contributed by atoms with Gasteiger partial charge in [0, 0.05) is 17.6 Å². The van der Waals surface area contributed by atoms with Crippen molar-refractivity contribution in [2.45, 2.75) is 55.4 Å². The molecule has 1 spiro atoms.